The molecule has 116 valence electrons. The molecule has 2 aliphatic rings. The van der Waals surface area contributed by atoms with Crippen molar-refractivity contribution in [3.8, 4) is 0 Å². The van der Waals surface area contributed by atoms with Crippen molar-refractivity contribution in [2.45, 2.75) is 30.1 Å². The minimum atomic E-state index is -4.65. The highest BCUT2D eigenvalue weighted by atomic mass is 32.3. The Bertz CT molecular complexity index is 474. The molecule has 2 rings (SSSR count). The highest BCUT2D eigenvalue weighted by Crippen LogP contribution is 2.30. The maximum absolute atomic E-state index is 13.0. The number of ether oxygens (including phenoxy) is 1. The van der Waals surface area contributed by atoms with E-state index in [4.69, 9.17) is 4.74 Å². The van der Waals surface area contributed by atoms with Crippen molar-refractivity contribution < 1.29 is 21.8 Å². The lowest BCUT2D eigenvalue weighted by atomic mass is 9.88. The molecule has 20 heavy (non-hydrogen) atoms. The minimum Gasteiger partial charge on any atom is -0.381 e. The largest absolute Gasteiger partial charge is 0.381 e. The molecule has 2 aliphatic heterocycles. The molecule has 0 aliphatic carbocycles. The van der Waals surface area contributed by atoms with E-state index in [-0.39, 0.29) is 24.4 Å². The summed E-state index contributed by atoms with van der Waals surface area (Å²) in [6.07, 6.45) is 1.30. The second-order valence-corrected chi connectivity index (χ2v) is 7.42. The van der Waals surface area contributed by atoms with E-state index in [9.17, 15) is 17.1 Å². The Hall–Kier alpha value is -0.730. The Morgan fingerprint density at radius 2 is 2.00 bits per heavy atom. The molecule has 0 saturated carbocycles. The van der Waals surface area contributed by atoms with Crippen LogP contribution in [0.15, 0.2) is 0 Å². The third kappa shape index (κ3) is 3.12. The number of nitrogens with zero attached hydrogens (tertiary/aromatic N) is 2. The normalized spacial score (nSPS) is 27.3. The van der Waals surface area contributed by atoms with Gasteiger partial charge in [-0.05, 0) is 26.9 Å². The van der Waals surface area contributed by atoms with Crippen LogP contribution >= 0.6 is 0 Å². The first-order valence-electron chi connectivity index (χ1n) is 6.71. The molecule has 0 spiro atoms. The number of rotatable bonds is 4. The van der Waals surface area contributed by atoms with Gasteiger partial charge in [0, 0.05) is 38.3 Å². The zero-order chi connectivity index (χ0) is 15.0. The first-order valence-corrected chi connectivity index (χ1v) is 8.16. The van der Waals surface area contributed by atoms with Crippen molar-refractivity contribution in [2.75, 3.05) is 40.4 Å². The fourth-order valence-corrected chi connectivity index (χ4v) is 3.63. The maximum Gasteiger partial charge on any atom is 0.307 e. The van der Waals surface area contributed by atoms with Gasteiger partial charge in [-0.3, -0.25) is 4.79 Å². The second-order valence-electron chi connectivity index (χ2n) is 5.81. The van der Waals surface area contributed by atoms with E-state index in [0.717, 1.165) is 12.8 Å². The van der Waals surface area contributed by atoms with Gasteiger partial charge in [-0.15, -0.1) is 3.89 Å². The molecule has 0 aromatic rings. The highest BCUT2D eigenvalue weighted by molar-refractivity contribution is 7.87. The van der Waals surface area contributed by atoms with Crippen LogP contribution in [0.1, 0.15) is 19.3 Å². The Morgan fingerprint density at radius 1 is 1.40 bits per heavy atom. The topological polar surface area (TPSA) is 66.9 Å². The molecule has 2 fully saturated rings. The zero-order valence-corrected chi connectivity index (χ0v) is 12.7. The number of likely N-dealkylation sites (N-methyl/N-ethyl adjacent to an activating group) is 1. The predicted molar refractivity (Wildman–Crippen MR) is 71.5 cm³/mol. The summed E-state index contributed by atoms with van der Waals surface area (Å²) in [5, 5.41) is -1.21. The van der Waals surface area contributed by atoms with Crippen molar-refractivity contribution in [1.29, 1.82) is 0 Å². The number of carbonyl (C=O) groups is 1. The lowest BCUT2D eigenvalue weighted by Gasteiger charge is -2.45. The summed E-state index contributed by atoms with van der Waals surface area (Å²) >= 11 is 0. The van der Waals surface area contributed by atoms with Crippen LogP contribution in [0.3, 0.4) is 0 Å². The summed E-state index contributed by atoms with van der Waals surface area (Å²) in [7, 11) is -0.771. The van der Waals surface area contributed by atoms with Gasteiger partial charge in [0.15, 0.2) is 0 Å². The monoisotopic (exact) mass is 308 g/mol. The number of carbonyl (C=O) groups excluding carboxylic acids is 1. The van der Waals surface area contributed by atoms with Crippen molar-refractivity contribution >= 4 is 16.1 Å². The molecule has 8 heteroatoms. The number of likely N-dealkylation sites (tertiary alicyclic amines) is 1. The van der Waals surface area contributed by atoms with E-state index in [1.54, 1.807) is 0 Å². The molecule has 0 bridgehead atoms. The molecular weight excluding hydrogens is 287 g/mol. The van der Waals surface area contributed by atoms with Crippen LogP contribution in [-0.4, -0.2) is 75.3 Å². The van der Waals surface area contributed by atoms with E-state index in [1.807, 2.05) is 14.1 Å². The molecule has 1 amide bonds. The first kappa shape index (κ1) is 15.7. The van der Waals surface area contributed by atoms with Gasteiger partial charge >= 0.3 is 10.2 Å². The quantitative estimate of drug-likeness (QED) is 0.684. The highest BCUT2D eigenvalue weighted by Gasteiger charge is 2.43. The summed E-state index contributed by atoms with van der Waals surface area (Å²) in [5.41, 5.74) is -0.219. The number of amides is 1. The van der Waals surface area contributed by atoms with Crippen LogP contribution in [0.4, 0.5) is 3.89 Å². The van der Waals surface area contributed by atoms with E-state index in [0.29, 0.717) is 19.8 Å². The molecule has 1 unspecified atom stereocenters. The number of hydrogen-bond acceptors (Lipinski definition) is 5. The lowest BCUT2D eigenvalue weighted by molar-refractivity contribution is -0.130. The van der Waals surface area contributed by atoms with Crippen LogP contribution in [0.5, 0.6) is 0 Å². The van der Waals surface area contributed by atoms with Crippen LogP contribution in [0.25, 0.3) is 0 Å². The Labute approximate surface area is 119 Å². The van der Waals surface area contributed by atoms with E-state index >= 15 is 0 Å². The van der Waals surface area contributed by atoms with Crippen molar-refractivity contribution in [1.82, 2.24) is 9.80 Å². The van der Waals surface area contributed by atoms with Gasteiger partial charge in [-0.25, -0.2) is 0 Å². The van der Waals surface area contributed by atoms with Gasteiger partial charge < -0.3 is 14.5 Å². The Balaban J connectivity index is 2.10. The van der Waals surface area contributed by atoms with Crippen molar-refractivity contribution in [3.63, 3.8) is 0 Å². The molecule has 1 atom stereocenters. The van der Waals surface area contributed by atoms with Crippen LogP contribution in [0, 0.1) is 0 Å². The SMILES string of the molecule is CN(C)C1(CN2CC(S(=O)(=O)F)CC2=O)CCOCC1. The average molecular weight is 308 g/mol. The summed E-state index contributed by atoms with van der Waals surface area (Å²) in [4.78, 5) is 15.4. The lowest BCUT2D eigenvalue weighted by Crippen LogP contribution is -2.56. The molecule has 0 radical (unpaired) electrons. The molecule has 2 heterocycles. The van der Waals surface area contributed by atoms with Gasteiger partial charge in [0.05, 0.1) is 0 Å². The van der Waals surface area contributed by atoms with E-state index in [1.165, 1.54) is 4.90 Å². The fraction of sp³-hybridized carbons (Fsp3) is 0.917. The van der Waals surface area contributed by atoms with Crippen LogP contribution in [-0.2, 0) is 19.8 Å². The molecule has 0 aromatic heterocycles. The first-order chi connectivity index (χ1) is 9.24. The molecule has 0 aromatic carbocycles. The average Bonchev–Trinajstić information content (AvgIpc) is 2.72. The molecule has 2 saturated heterocycles. The van der Waals surface area contributed by atoms with Crippen LogP contribution in [0.2, 0.25) is 0 Å². The molecule has 6 nitrogen and oxygen atoms in total. The molecular formula is C12H21FN2O4S. The van der Waals surface area contributed by atoms with Gasteiger partial charge in [0.25, 0.3) is 0 Å². The standard InChI is InChI=1S/C12H21FN2O4S/c1-14(2)12(3-5-19-6-4-12)9-15-8-10(7-11(15)16)20(13,17)18/h10H,3-9H2,1-2H3. The smallest absolute Gasteiger partial charge is 0.307 e. The summed E-state index contributed by atoms with van der Waals surface area (Å²) in [5.74, 6) is -0.288. The Kier molecular flexibility index (Phi) is 4.36. The third-order valence-corrected chi connectivity index (χ3v) is 5.55. The summed E-state index contributed by atoms with van der Waals surface area (Å²) in [6, 6.07) is 0. The summed E-state index contributed by atoms with van der Waals surface area (Å²) < 4.78 is 40.3. The second kappa shape index (κ2) is 5.57. The van der Waals surface area contributed by atoms with Crippen molar-refractivity contribution in [3.05, 3.63) is 0 Å². The van der Waals surface area contributed by atoms with E-state index in [2.05, 4.69) is 4.90 Å². The minimum absolute atomic E-state index is 0.0475. The Morgan fingerprint density at radius 3 is 2.45 bits per heavy atom. The number of halogens is 1. The van der Waals surface area contributed by atoms with Crippen molar-refractivity contribution in [2.24, 2.45) is 0 Å². The maximum atomic E-state index is 13.0. The third-order valence-electron chi connectivity index (χ3n) is 4.43. The van der Waals surface area contributed by atoms with Gasteiger partial charge in [-0.2, -0.15) is 8.42 Å². The van der Waals surface area contributed by atoms with Gasteiger partial charge in [0.2, 0.25) is 5.91 Å². The van der Waals surface area contributed by atoms with Gasteiger partial charge in [-0.1, -0.05) is 0 Å². The van der Waals surface area contributed by atoms with Gasteiger partial charge in [0.1, 0.15) is 5.25 Å². The summed E-state index contributed by atoms with van der Waals surface area (Å²) in [6.45, 7) is 1.61. The van der Waals surface area contributed by atoms with E-state index < -0.39 is 15.5 Å². The fourth-order valence-electron chi connectivity index (χ4n) is 2.93. The molecule has 0 N–H and O–H groups in total. The predicted octanol–water partition coefficient (Wildman–Crippen LogP) is -0.00260. The number of hydrogen-bond donors (Lipinski definition) is 0. The zero-order valence-electron chi connectivity index (χ0n) is 11.8. The van der Waals surface area contributed by atoms with Crippen LogP contribution < -0.4 is 0 Å².